The third-order valence-corrected chi connectivity index (χ3v) is 6.99. The van der Waals surface area contributed by atoms with Gasteiger partial charge in [0.15, 0.2) is 0 Å². The van der Waals surface area contributed by atoms with Crippen LogP contribution >= 0.6 is 15.9 Å². The van der Waals surface area contributed by atoms with Crippen molar-refractivity contribution in [1.29, 1.82) is 0 Å². The van der Waals surface area contributed by atoms with Crippen LogP contribution in [0.3, 0.4) is 0 Å². The molecule has 0 atom stereocenters. The molecule has 0 unspecified atom stereocenters. The highest BCUT2D eigenvalue weighted by Crippen LogP contribution is 2.20. The average molecular weight is 479 g/mol. The van der Waals surface area contributed by atoms with Crippen molar-refractivity contribution in [1.82, 2.24) is 9.29 Å². The van der Waals surface area contributed by atoms with Crippen molar-refractivity contribution in [2.75, 3.05) is 13.2 Å². The molecule has 0 saturated carbocycles. The number of aryl methyl sites for hydroxylation is 2. The second-order valence-corrected chi connectivity index (χ2v) is 10.00. The number of H-pyrrole nitrogens is 1. The highest BCUT2D eigenvalue weighted by molar-refractivity contribution is 9.10. The molecule has 0 bridgehead atoms. The molecule has 0 saturated heterocycles. The minimum absolute atomic E-state index is 0.0827. The molecule has 2 N–H and O–H groups in total. The number of nitrogens with zero attached hydrogens (tertiary/aromatic N) is 1. The zero-order valence-corrected chi connectivity index (χ0v) is 18.7. The van der Waals surface area contributed by atoms with Crippen LogP contribution in [0, 0.1) is 13.8 Å². The summed E-state index contributed by atoms with van der Waals surface area (Å²) in [5.74, 6) is -0.212. The first-order chi connectivity index (χ1) is 13.7. The number of rotatable bonds is 7. The van der Waals surface area contributed by atoms with Gasteiger partial charge in [0.1, 0.15) is 0 Å². The number of aromatic amines is 1. The molecule has 8 heteroatoms. The topological polar surface area (TPSA) is 90.5 Å². The molecule has 3 aromatic rings. The molecule has 3 rings (SSSR count). The van der Waals surface area contributed by atoms with E-state index in [1.54, 1.807) is 24.3 Å². The van der Waals surface area contributed by atoms with Crippen molar-refractivity contribution in [3.05, 3.63) is 79.5 Å². The van der Waals surface area contributed by atoms with Gasteiger partial charge in [0.25, 0.3) is 5.56 Å². The molecule has 29 heavy (non-hydrogen) atoms. The summed E-state index contributed by atoms with van der Waals surface area (Å²) < 4.78 is 27.9. The van der Waals surface area contributed by atoms with Gasteiger partial charge in [-0.05, 0) is 54.6 Å². The quantitative estimate of drug-likeness (QED) is 0.545. The molecule has 0 aliphatic rings. The number of benzene rings is 2. The molecular formula is C21H23BrN2O4S. The third-order valence-electron chi connectivity index (χ3n) is 4.70. The molecule has 154 valence electrons. The molecule has 0 aliphatic carbocycles. The van der Waals surface area contributed by atoms with E-state index in [4.69, 9.17) is 0 Å². The Labute approximate surface area is 178 Å². The van der Waals surface area contributed by atoms with Crippen LogP contribution in [0.1, 0.15) is 22.3 Å². The number of sulfonamides is 1. The molecule has 0 spiro atoms. The molecule has 6 nitrogen and oxygen atoms in total. The fraction of sp³-hybridized carbons (Fsp3) is 0.286. The van der Waals surface area contributed by atoms with E-state index in [0.29, 0.717) is 11.1 Å². The Morgan fingerprint density at radius 3 is 2.59 bits per heavy atom. The molecule has 1 aromatic heterocycles. The SMILES string of the molecule is Cc1cc(C)c2[nH]c(=O)c(CN(CCO)S(=O)(=O)Cc3cccc(Br)c3)cc2c1. The van der Waals surface area contributed by atoms with E-state index < -0.39 is 10.0 Å². The number of pyridine rings is 1. The van der Waals surface area contributed by atoms with Crippen LogP contribution in [-0.4, -0.2) is 36.0 Å². The van der Waals surface area contributed by atoms with Crippen LogP contribution in [0.5, 0.6) is 0 Å². The first-order valence-electron chi connectivity index (χ1n) is 9.16. The highest BCUT2D eigenvalue weighted by atomic mass is 79.9. The van der Waals surface area contributed by atoms with Crippen molar-refractivity contribution < 1.29 is 13.5 Å². The second-order valence-electron chi connectivity index (χ2n) is 7.11. The lowest BCUT2D eigenvalue weighted by Gasteiger charge is -2.21. The number of fused-ring (bicyclic) bond motifs is 1. The Balaban J connectivity index is 1.96. The first kappa shape index (κ1) is 21.7. The van der Waals surface area contributed by atoms with Crippen molar-refractivity contribution in [3.63, 3.8) is 0 Å². The molecule has 0 aliphatic heterocycles. The minimum Gasteiger partial charge on any atom is -0.395 e. The standard InChI is InChI=1S/C21H23BrN2O4S/c1-14-8-15(2)20-17(9-14)11-18(21(26)23-20)12-24(6-7-25)29(27,28)13-16-4-3-5-19(22)10-16/h3-5,8-11,25H,6-7,12-13H2,1-2H3,(H,23,26). The largest absolute Gasteiger partial charge is 0.395 e. The monoisotopic (exact) mass is 478 g/mol. The Bertz CT molecular complexity index is 1210. The number of aliphatic hydroxyl groups is 1. The summed E-state index contributed by atoms with van der Waals surface area (Å²) in [6, 6.07) is 12.7. The zero-order valence-electron chi connectivity index (χ0n) is 16.3. The van der Waals surface area contributed by atoms with Crippen LogP contribution in [0.2, 0.25) is 0 Å². The Kier molecular flexibility index (Phi) is 6.58. The number of aliphatic hydroxyl groups excluding tert-OH is 1. The van der Waals surface area contributed by atoms with Gasteiger partial charge in [-0.15, -0.1) is 0 Å². The summed E-state index contributed by atoms with van der Waals surface area (Å²) in [5.41, 5.74) is 3.40. The molecule has 0 fully saturated rings. The van der Waals surface area contributed by atoms with Gasteiger partial charge in [-0.2, -0.15) is 4.31 Å². The van der Waals surface area contributed by atoms with Crippen molar-refractivity contribution in [3.8, 4) is 0 Å². The number of hydrogen-bond donors (Lipinski definition) is 2. The van der Waals surface area contributed by atoms with Crippen LogP contribution in [0.25, 0.3) is 10.9 Å². The second kappa shape index (κ2) is 8.79. The van der Waals surface area contributed by atoms with Crippen LogP contribution in [0.4, 0.5) is 0 Å². The average Bonchev–Trinajstić information content (AvgIpc) is 2.62. The normalized spacial score (nSPS) is 12.0. The smallest absolute Gasteiger partial charge is 0.252 e. The van der Waals surface area contributed by atoms with E-state index in [-0.39, 0.29) is 31.0 Å². The van der Waals surface area contributed by atoms with Gasteiger partial charge in [-0.1, -0.05) is 39.7 Å². The van der Waals surface area contributed by atoms with Gasteiger partial charge in [0.2, 0.25) is 10.0 Å². The summed E-state index contributed by atoms with van der Waals surface area (Å²) in [6.45, 7) is 3.38. The van der Waals surface area contributed by atoms with E-state index in [2.05, 4.69) is 20.9 Å². The first-order valence-corrected chi connectivity index (χ1v) is 11.6. The van der Waals surface area contributed by atoms with Crippen LogP contribution < -0.4 is 5.56 Å². The molecular weight excluding hydrogens is 456 g/mol. The summed E-state index contributed by atoms with van der Waals surface area (Å²) in [6.07, 6.45) is 0. The summed E-state index contributed by atoms with van der Waals surface area (Å²) in [4.78, 5) is 15.5. The van der Waals surface area contributed by atoms with Crippen LogP contribution in [-0.2, 0) is 22.3 Å². The zero-order chi connectivity index (χ0) is 21.2. The third kappa shape index (κ3) is 5.14. The van der Waals surface area contributed by atoms with Crippen molar-refractivity contribution >= 4 is 36.9 Å². The Morgan fingerprint density at radius 1 is 1.14 bits per heavy atom. The maximum Gasteiger partial charge on any atom is 0.252 e. The lowest BCUT2D eigenvalue weighted by atomic mass is 10.1. The summed E-state index contributed by atoms with van der Waals surface area (Å²) >= 11 is 3.34. The lowest BCUT2D eigenvalue weighted by Crippen LogP contribution is -2.35. The predicted octanol–water partition coefficient (Wildman–Crippen LogP) is 3.23. The van der Waals surface area contributed by atoms with Gasteiger partial charge in [0.05, 0.1) is 17.9 Å². The van der Waals surface area contributed by atoms with Crippen molar-refractivity contribution in [2.45, 2.75) is 26.1 Å². The fourth-order valence-electron chi connectivity index (χ4n) is 3.40. The van der Waals surface area contributed by atoms with Gasteiger partial charge < -0.3 is 10.1 Å². The van der Waals surface area contributed by atoms with Crippen molar-refractivity contribution in [2.24, 2.45) is 0 Å². The minimum atomic E-state index is -3.74. The van der Waals surface area contributed by atoms with Crippen LogP contribution in [0.15, 0.2) is 51.7 Å². The number of nitrogens with one attached hydrogen (secondary N) is 1. The van der Waals surface area contributed by atoms with E-state index in [9.17, 15) is 18.3 Å². The predicted molar refractivity (Wildman–Crippen MR) is 118 cm³/mol. The number of hydrogen-bond acceptors (Lipinski definition) is 4. The summed E-state index contributed by atoms with van der Waals surface area (Å²) in [5, 5.41) is 10.3. The fourth-order valence-corrected chi connectivity index (χ4v) is 5.32. The summed E-state index contributed by atoms with van der Waals surface area (Å²) in [7, 11) is -3.74. The molecule has 0 radical (unpaired) electrons. The maximum absolute atomic E-state index is 13.0. The van der Waals surface area contributed by atoms with E-state index >= 15 is 0 Å². The highest BCUT2D eigenvalue weighted by Gasteiger charge is 2.24. The number of aromatic nitrogens is 1. The maximum atomic E-state index is 13.0. The lowest BCUT2D eigenvalue weighted by molar-refractivity contribution is 0.250. The van der Waals surface area contributed by atoms with E-state index in [1.165, 1.54) is 0 Å². The number of halogens is 1. The van der Waals surface area contributed by atoms with Gasteiger partial charge in [-0.3, -0.25) is 4.79 Å². The molecule has 1 heterocycles. The Hall–Kier alpha value is -2.00. The molecule has 2 aromatic carbocycles. The van der Waals surface area contributed by atoms with E-state index in [1.807, 2.05) is 32.0 Å². The van der Waals surface area contributed by atoms with Gasteiger partial charge >= 0.3 is 0 Å². The Morgan fingerprint density at radius 2 is 1.90 bits per heavy atom. The van der Waals surface area contributed by atoms with E-state index in [0.717, 1.165) is 30.8 Å². The molecule has 0 amide bonds. The van der Waals surface area contributed by atoms with Gasteiger partial charge in [0, 0.05) is 23.1 Å². The van der Waals surface area contributed by atoms with Gasteiger partial charge in [-0.25, -0.2) is 8.42 Å².